The molecule has 0 aliphatic rings. The number of benzene rings is 2. The number of hydrogen-bond acceptors (Lipinski definition) is 3. The van der Waals surface area contributed by atoms with Crippen LogP contribution in [0.25, 0.3) is 0 Å². The molecule has 0 saturated heterocycles. The monoisotopic (exact) mass is 270 g/mol. The fourth-order valence-corrected chi connectivity index (χ4v) is 2.05. The van der Waals surface area contributed by atoms with Gasteiger partial charge in [-0.3, -0.25) is 4.79 Å². The molecule has 0 spiro atoms. The van der Waals surface area contributed by atoms with Gasteiger partial charge in [0.05, 0.1) is 7.11 Å². The van der Waals surface area contributed by atoms with E-state index < -0.39 is 0 Å². The molecule has 0 radical (unpaired) electrons. The van der Waals surface area contributed by atoms with E-state index in [1.807, 2.05) is 38.1 Å². The lowest BCUT2D eigenvalue weighted by Crippen LogP contribution is -2.01. The van der Waals surface area contributed by atoms with Crippen molar-refractivity contribution < 1.29 is 14.3 Å². The highest BCUT2D eigenvalue weighted by Gasteiger charge is 2.16. The maximum absolute atomic E-state index is 11.8. The number of carbonyl (C=O) groups is 1. The Balaban J connectivity index is 2.48. The van der Waals surface area contributed by atoms with Crippen molar-refractivity contribution in [1.29, 1.82) is 0 Å². The lowest BCUT2D eigenvalue weighted by molar-refractivity contribution is 0.101. The molecule has 0 amide bonds. The smallest absolute Gasteiger partial charge is 0.167 e. The van der Waals surface area contributed by atoms with Gasteiger partial charge in [0.2, 0.25) is 0 Å². The van der Waals surface area contributed by atoms with E-state index in [0.717, 1.165) is 16.9 Å². The SMILES string of the molecule is COc1cccc(Oc2cc(C)ccc2C)c1C(C)=O. The van der Waals surface area contributed by atoms with Gasteiger partial charge in [-0.25, -0.2) is 0 Å². The van der Waals surface area contributed by atoms with Crippen LogP contribution < -0.4 is 9.47 Å². The standard InChI is InChI=1S/C17H18O3/c1-11-8-9-12(2)16(10-11)20-15-7-5-6-14(19-4)17(15)13(3)18/h5-10H,1-4H3. The van der Waals surface area contributed by atoms with Gasteiger partial charge in [0.1, 0.15) is 22.8 Å². The number of hydrogen-bond donors (Lipinski definition) is 0. The molecule has 0 aliphatic carbocycles. The highest BCUT2D eigenvalue weighted by Crippen LogP contribution is 2.33. The van der Waals surface area contributed by atoms with Crippen LogP contribution in [0.5, 0.6) is 17.2 Å². The van der Waals surface area contributed by atoms with Gasteiger partial charge in [0.25, 0.3) is 0 Å². The maximum Gasteiger partial charge on any atom is 0.167 e. The van der Waals surface area contributed by atoms with Gasteiger partial charge in [-0.15, -0.1) is 0 Å². The van der Waals surface area contributed by atoms with Crippen molar-refractivity contribution in [2.24, 2.45) is 0 Å². The van der Waals surface area contributed by atoms with Crippen molar-refractivity contribution in [3.63, 3.8) is 0 Å². The minimum absolute atomic E-state index is 0.0808. The second kappa shape index (κ2) is 5.78. The molecule has 0 aliphatic heterocycles. The molecule has 20 heavy (non-hydrogen) atoms. The van der Waals surface area contributed by atoms with Crippen LogP contribution in [-0.4, -0.2) is 12.9 Å². The number of ketones is 1. The highest BCUT2D eigenvalue weighted by molar-refractivity contribution is 5.99. The summed E-state index contributed by atoms with van der Waals surface area (Å²) in [5.41, 5.74) is 2.60. The summed E-state index contributed by atoms with van der Waals surface area (Å²) in [4.78, 5) is 11.8. The highest BCUT2D eigenvalue weighted by atomic mass is 16.5. The maximum atomic E-state index is 11.8. The Bertz CT molecular complexity index is 645. The predicted octanol–water partition coefficient (Wildman–Crippen LogP) is 4.31. The number of carbonyl (C=O) groups excluding carboxylic acids is 1. The van der Waals surface area contributed by atoms with Gasteiger partial charge in [0.15, 0.2) is 5.78 Å². The van der Waals surface area contributed by atoms with Crippen molar-refractivity contribution in [2.75, 3.05) is 7.11 Å². The van der Waals surface area contributed by atoms with Gasteiger partial charge >= 0.3 is 0 Å². The number of ether oxygens (including phenoxy) is 2. The summed E-state index contributed by atoms with van der Waals surface area (Å²) < 4.78 is 11.2. The molecule has 0 N–H and O–H groups in total. The Morgan fingerprint density at radius 2 is 1.70 bits per heavy atom. The summed E-state index contributed by atoms with van der Waals surface area (Å²) in [6, 6.07) is 11.3. The van der Waals surface area contributed by atoms with E-state index in [4.69, 9.17) is 9.47 Å². The molecule has 0 bridgehead atoms. The zero-order chi connectivity index (χ0) is 14.7. The van der Waals surface area contributed by atoms with Crippen LogP contribution in [-0.2, 0) is 0 Å². The molecular formula is C17H18O3. The average molecular weight is 270 g/mol. The van der Waals surface area contributed by atoms with E-state index in [9.17, 15) is 4.79 Å². The Labute approximate surface area is 119 Å². The van der Waals surface area contributed by atoms with Crippen molar-refractivity contribution in [3.05, 3.63) is 53.1 Å². The van der Waals surface area contributed by atoms with E-state index in [0.29, 0.717) is 17.1 Å². The summed E-state index contributed by atoms with van der Waals surface area (Å²) in [7, 11) is 1.55. The van der Waals surface area contributed by atoms with E-state index in [-0.39, 0.29) is 5.78 Å². The van der Waals surface area contributed by atoms with Crippen molar-refractivity contribution in [3.8, 4) is 17.2 Å². The first-order valence-corrected chi connectivity index (χ1v) is 6.46. The molecule has 3 heteroatoms. The second-order valence-electron chi connectivity index (χ2n) is 4.76. The van der Waals surface area contributed by atoms with Crippen LogP contribution in [0, 0.1) is 13.8 Å². The molecule has 0 saturated carbocycles. The largest absolute Gasteiger partial charge is 0.496 e. The summed E-state index contributed by atoms with van der Waals surface area (Å²) >= 11 is 0. The van der Waals surface area contributed by atoms with Crippen LogP contribution in [0.4, 0.5) is 0 Å². The van der Waals surface area contributed by atoms with Crippen LogP contribution in [0.2, 0.25) is 0 Å². The van der Waals surface area contributed by atoms with Crippen LogP contribution >= 0.6 is 0 Å². The molecule has 0 fully saturated rings. The molecule has 0 aromatic heterocycles. The molecule has 0 heterocycles. The molecule has 0 atom stereocenters. The van der Waals surface area contributed by atoms with Gasteiger partial charge in [-0.05, 0) is 50.1 Å². The second-order valence-corrected chi connectivity index (χ2v) is 4.76. The fourth-order valence-electron chi connectivity index (χ4n) is 2.05. The lowest BCUT2D eigenvalue weighted by atomic mass is 10.1. The Kier molecular flexibility index (Phi) is 4.08. The first-order valence-electron chi connectivity index (χ1n) is 6.46. The predicted molar refractivity (Wildman–Crippen MR) is 79.0 cm³/mol. The van der Waals surface area contributed by atoms with Crippen LogP contribution in [0.1, 0.15) is 28.4 Å². The molecule has 2 aromatic carbocycles. The van der Waals surface area contributed by atoms with E-state index >= 15 is 0 Å². The first-order chi connectivity index (χ1) is 9.52. The topological polar surface area (TPSA) is 35.5 Å². The van der Waals surface area contributed by atoms with E-state index in [1.54, 1.807) is 19.2 Å². The van der Waals surface area contributed by atoms with Crippen LogP contribution in [0.15, 0.2) is 36.4 Å². The first kappa shape index (κ1) is 14.1. The Morgan fingerprint density at radius 3 is 2.35 bits per heavy atom. The summed E-state index contributed by atoms with van der Waals surface area (Å²) in [5.74, 6) is 1.72. The summed E-state index contributed by atoms with van der Waals surface area (Å²) in [6.07, 6.45) is 0. The third-order valence-electron chi connectivity index (χ3n) is 3.12. The van der Waals surface area contributed by atoms with Gasteiger partial charge in [-0.1, -0.05) is 18.2 Å². The third kappa shape index (κ3) is 2.82. The van der Waals surface area contributed by atoms with Crippen molar-refractivity contribution in [2.45, 2.75) is 20.8 Å². The number of methoxy groups -OCH3 is 1. The normalized spacial score (nSPS) is 10.2. The average Bonchev–Trinajstić information content (AvgIpc) is 2.42. The quantitative estimate of drug-likeness (QED) is 0.777. The zero-order valence-corrected chi connectivity index (χ0v) is 12.2. The molecule has 0 unspecified atom stereocenters. The van der Waals surface area contributed by atoms with Gasteiger partial charge < -0.3 is 9.47 Å². The molecule has 3 nitrogen and oxygen atoms in total. The Hall–Kier alpha value is -2.29. The minimum atomic E-state index is -0.0808. The lowest BCUT2D eigenvalue weighted by Gasteiger charge is -2.14. The third-order valence-corrected chi connectivity index (χ3v) is 3.12. The number of Topliss-reactive ketones (excluding diaryl/α,β-unsaturated/α-hetero) is 1. The Morgan fingerprint density at radius 1 is 1.00 bits per heavy atom. The van der Waals surface area contributed by atoms with Crippen LogP contribution in [0.3, 0.4) is 0 Å². The number of aryl methyl sites for hydroxylation is 2. The van der Waals surface area contributed by atoms with Gasteiger partial charge in [-0.2, -0.15) is 0 Å². The van der Waals surface area contributed by atoms with Crippen molar-refractivity contribution in [1.82, 2.24) is 0 Å². The molecule has 2 rings (SSSR count). The minimum Gasteiger partial charge on any atom is -0.496 e. The molecular weight excluding hydrogens is 252 g/mol. The van der Waals surface area contributed by atoms with Crippen molar-refractivity contribution >= 4 is 5.78 Å². The zero-order valence-electron chi connectivity index (χ0n) is 12.2. The summed E-state index contributed by atoms with van der Waals surface area (Å²) in [5, 5.41) is 0. The summed E-state index contributed by atoms with van der Waals surface area (Å²) in [6.45, 7) is 5.49. The van der Waals surface area contributed by atoms with E-state index in [1.165, 1.54) is 6.92 Å². The fraction of sp³-hybridized carbons (Fsp3) is 0.235. The number of rotatable bonds is 4. The molecule has 2 aromatic rings. The van der Waals surface area contributed by atoms with Gasteiger partial charge in [0, 0.05) is 0 Å². The van der Waals surface area contributed by atoms with E-state index in [2.05, 4.69) is 0 Å². The molecule has 104 valence electrons.